The minimum Gasteiger partial charge on any atom is -0.312 e. The van der Waals surface area contributed by atoms with Crippen LogP contribution in [0.25, 0.3) is 0 Å². The molecule has 19 heavy (non-hydrogen) atoms. The lowest BCUT2D eigenvalue weighted by atomic mass is 9.80. The zero-order valence-corrected chi connectivity index (χ0v) is 13.5. The van der Waals surface area contributed by atoms with E-state index in [1.54, 1.807) is 0 Å². The van der Waals surface area contributed by atoms with Crippen LogP contribution >= 0.6 is 0 Å². The van der Waals surface area contributed by atoms with Crippen LogP contribution in [-0.4, -0.2) is 12.1 Å². The molecule has 0 aromatic carbocycles. The number of hydrogen-bond donors (Lipinski definition) is 1. The monoisotopic (exact) mass is 265 g/mol. The summed E-state index contributed by atoms with van der Waals surface area (Å²) in [7, 11) is 0. The minimum absolute atomic E-state index is 0.282. The van der Waals surface area contributed by atoms with Gasteiger partial charge < -0.3 is 5.32 Å². The molecule has 0 aromatic rings. The van der Waals surface area contributed by atoms with Crippen LogP contribution in [0.15, 0.2) is 0 Å². The first-order valence-electron chi connectivity index (χ1n) is 8.79. The van der Waals surface area contributed by atoms with Gasteiger partial charge >= 0.3 is 0 Å². The summed E-state index contributed by atoms with van der Waals surface area (Å²) in [4.78, 5) is 0. The van der Waals surface area contributed by atoms with Gasteiger partial charge in [-0.25, -0.2) is 0 Å². The van der Waals surface area contributed by atoms with E-state index in [0.29, 0.717) is 0 Å². The highest BCUT2D eigenvalue weighted by Gasteiger charge is 2.28. The van der Waals surface area contributed by atoms with Crippen LogP contribution in [-0.2, 0) is 0 Å². The van der Waals surface area contributed by atoms with Crippen molar-refractivity contribution in [2.45, 2.75) is 90.5 Å². The summed E-state index contributed by atoms with van der Waals surface area (Å²) in [6.07, 6.45) is 15.0. The molecule has 0 aliphatic heterocycles. The first-order chi connectivity index (χ1) is 9.04. The molecule has 1 heteroatoms. The van der Waals surface area contributed by atoms with Crippen molar-refractivity contribution in [3.63, 3.8) is 0 Å². The Morgan fingerprint density at radius 3 is 2.00 bits per heavy atom. The van der Waals surface area contributed by atoms with Crippen molar-refractivity contribution in [2.24, 2.45) is 17.8 Å². The highest BCUT2D eigenvalue weighted by atomic mass is 14.9. The van der Waals surface area contributed by atoms with E-state index in [1.165, 1.54) is 70.8 Å². The summed E-state index contributed by atoms with van der Waals surface area (Å²) in [5.41, 5.74) is 0.282. The Balaban J connectivity index is 1.86. The molecule has 2 fully saturated rings. The van der Waals surface area contributed by atoms with Crippen molar-refractivity contribution in [2.75, 3.05) is 6.54 Å². The molecule has 2 atom stereocenters. The van der Waals surface area contributed by atoms with E-state index in [1.807, 2.05) is 0 Å². The lowest BCUT2D eigenvalue weighted by Crippen LogP contribution is -2.40. The Kier molecular flexibility index (Phi) is 5.74. The standard InChI is InChI=1S/C18H35N/c1-18(2,3)19-14-17-12-6-4-5-11-16(17)13-15-9-7-8-10-15/h15-17,19H,4-14H2,1-3H3. The molecule has 2 aliphatic rings. The smallest absolute Gasteiger partial charge is 0.00966 e. The predicted octanol–water partition coefficient (Wildman–Crippen LogP) is 5.15. The second kappa shape index (κ2) is 7.11. The third kappa shape index (κ3) is 5.45. The third-order valence-corrected chi connectivity index (χ3v) is 5.32. The lowest BCUT2D eigenvalue weighted by molar-refractivity contribution is 0.230. The Labute approximate surface area is 120 Å². The molecule has 112 valence electrons. The average molecular weight is 265 g/mol. The summed E-state index contributed by atoms with van der Waals surface area (Å²) in [5, 5.41) is 3.77. The first kappa shape index (κ1) is 15.4. The molecule has 0 spiro atoms. The number of nitrogens with one attached hydrogen (secondary N) is 1. The summed E-state index contributed by atoms with van der Waals surface area (Å²) in [6.45, 7) is 8.15. The molecule has 2 rings (SSSR count). The molecular weight excluding hydrogens is 230 g/mol. The summed E-state index contributed by atoms with van der Waals surface area (Å²) >= 11 is 0. The van der Waals surface area contributed by atoms with Crippen molar-refractivity contribution in [3.05, 3.63) is 0 Å². The van der Waals surface area contributed by atoms with Gasteiger partial charge in [-0.1, -0.05) is 51.4 Å². The van der Waals surface area contributed by atoms with Crippen molar-refractivity contribution in [3.8, 4) is 0 Å². The normalized spacial score (nSPS) is 30.5. The summed E-state index contributed by atoms with van der Waals surface area (Å²) in [6, 6.07) is 0. The van der Waals surface area contributed by atoms with Gasteiger partial charge in [-0.3, -0.25) is 0 Å². The van der Waals surface area contributed by atoms with Crippen molar-refractivity contribution < 1.29 is 0 Å². The quantitative estimate of drug-likeness (QED) is 0.693. The van der Waals surface area contributed by atoms with Crippen LogP contribution in [0, 0.1) is 17.8 Å². The maximum absolute atomic E-state index is 3.77. The molecule has 0 saturated heterocycles. The fraction of sp³-hybridized carbons (Fsp3) is 1.00. The Hall–Kier alpha value is -0.0400. The summed E-state index contributed by atoms with van der Waals surface area (Å²) < 4.78 is 0. The van der Waals surface area contributed by atoms with E-state index in [9.17, 15) is 0 Å². The fourth-order valence-corrected chi connectivity index (χ4v) is 4.15. The van der Waals surface area contributed by atoms with E-state index < -0.39 is 0 Å². The van der Waals surface area contributed by atoms with Gasteiger partial charge in [0.2, 0.25) is 0 Å². The van der Waals surface area contributed by atoms with Gasteiger partial charge in [-0.2, -0.15) is 0 Å². The predicted molar refractivity (Wildman–Crippen MR) is 84.4 cm³/mol. The molecule has 1 nitrogen and oxygen atoms in total. The molecule has 0 heterocycles. The van der Waals surface area contributed by atoms with Gasteiger partial charge in [0.25, 0.3) is 0 Å². The molecule has 0 radical (unpaired) electrons. The lowest BCUT2D eigenvalue weighted by Gasteiger charge is -2.31. The molecule has 2 aliphatic carbocycles. The number of hydrogen-bond acceptors (Lipinski definition) is 1. The molecule has 0 bridgehead atoms. The average Bonchev–Trinajstić information content (AvgIpc) is 2.73. The highest BCUT2D eigenvalue weighted by molar-refractivity contribution is 4.82. The van der Waals surface area contributed by atoms with Crippen LogP contribution in [0.2, 0.25) is 0 Å². The van der Waals surface area contributed by atoms with E-state index in [4.69, 9.17) is 0 Å². The third-order valence-electron chi connectivity index (χ3n) is 5.32. The molecule has 1 N–H and O–H groups in total. The van der Waals surface area contributed by atoms with Crippen LogP contribution in [0.5, 0.6) is 0 Å². The van der Waals surface area contributed by atoms with E-state index in [-0.39, 0.29) is 5.54 Å². The topological polar surface area (TPSA) is 12.0 Å². The molecule has 0 aromatic heterocycles. The minimum atomic E-state index is 0.282. The van der Waals surface area contributed by atoms with Gasteiger partial charge in [-0.05, 0) is 57.9 Å². The Morgan fingerprint density at radius 1 is 0.789 bits per heavy atom. The van der Waals surface area contributed by atoms with Gasteiger partial charge in [0.1, 0.15) is 0 Å². The maximum atomic E-state index is 3.77. The zero-order chi connectivity index (χ0) is 13.7. The highest BCUT2D eigenvalue weighted by Crippen LogP contribution is 2.38. The molecule has 2 unspecified atom stereocenters. The maximum Gasteiger partial charge on any atom is 0.00966 e. The van der Waals surface area contributed by atoms with Crippen LogP contribution in [0.3, 0.4) is 0 Å². The van der Waals surface area contributed by atoms with Gasteiger partial charge in [0, 0.05) is 5.54 Å². The van der Waals surface area contributed by atoms with Crippen molar-refractivity contribution in [1.82, 2.24) is 5.32 Å². The van der Waals surface area contributed by atoms with Crippen molar-refractivity contribution in [1.29, 1.82) is 0 Å². The number of rotatable bonds is 4. The zero-order valence-electron chi connectivity index (χ0n) is 13.5. The van der Waals surface area contributed by atoms with Crippen molar-refractivity contribution >= 4 is 0 Å². The van der Waals surface area contributed by atoms with Crippen LogP contribution in [0.1, 0.15) is 85.0 Å². The Morgan fingerprint density at radius 2 is 1.37 bits per heavy atom. The first-order valence-corrected chi connectivity index (χ1v) is 8.79. The molecule has 2 saturated carbocycles. The van der Waals surface area contributed by atoms with Crippen LogP contribution in [0.4, 0.5) is 0 Å². The van der Waals surface area contributed by atoms with Crippen LogP contribution < -0.4 is 5.32 Å². The second-order valence-corrected chi connectivity index (χ2v) is 8.18. The van der Waals surface area contributed by atoms with E-state index in [0.717, 1.165) is 17.8 Å². The largest absolute Gasteiger partial charge is 0.312 e. The SMILES string of the molecule is CC(C)(C)NCC1CCCCCC1CC1CCCC1. The van der Waals surface area contributed by atoms with E-state index in [2.05, 4.69) is 26.1 Å². The molecular formula is C18H35N. The van der Waals surface area contributed by atoms with Gasteiger partial charge in [0.05, 0.1) is 0 Å². The second-order valence-electron chi connectivity index (χ2n) is 8.18. The summed E-state index contributed by atoms with van der Waals surface area (Å²) in [5.74, 6) is 3.03. The van der Waals surface area contributed by atoms with Gasteiger partial charge in [0.15, 0.2) is 0 Å². The molecule has 0 amide bonds. The van der Waals surface area contributed by atoms with E-state index >= 15 is 0 Å². The Bertz CT molecular complexity index is 247. The fourth-order valence-electron chi connectivity index (χ4n) is 4.15. The van der Waals surface area contributed by atoms with Gasteiger partial charge in [-0.15, -0.1) is 0 Å².